The van der Waals surface area contributed by atoms with Crippen LogP contribution in [0.4, 0.5) is 11.4 Å². The number of ether oxygens (including phenoxy) is 2. The lowest BCUT2D eigenvalue weighted by Gasteiger charge is -2.19. The van der Waals surface area contributed by atoms with E-state index in [4.69, 9.17) is 9.47 Å². The van der Waals surface area contributed by atoms with Gasteiger partial charge in [-0.25, -0.2) is 0 Å². The number of amides is 2. The van der Waals surface area contributed by atoms with Crippen LogP contribution in [0, 0.1) is 0 Å². The Bertz CT molecular complexity index is 1070. The summed E-state index contributed by atoms with van der Waals surface area (Å²) in [6, 6.07) is 24.5. The van der Waals surface area contributed by atoms with Crippen LogP contribution in [0.5, 0.6) is 11.5 Å². The molecule has 32 heavy (non-hydrogen) atoms. The maximum absolute atomic E-state index is 12.6. The molecule has 6 heteroatoms. The summed E-state index contributed by atoms with van der Waals surface area (Å²) in [5, 5.41) is 2.86. The highest BCUT2D eigenvalue weighted by Gasteiger charge is 2.22. The topological polar surface area (TPSA) is 67.9 Å². The van der Waals surface area contributed by atoms with E-state index < -0.39 is 6.10 Å². The lowest BCUT2D eigenvalue weighted by Crippen LogP contribution is -2.30. The van der Waals surface area contributed by atoms with Gasteiger partial charge in [0.05, 0.1) is 0 Å². The van der Waals surface area contributed by atoms with Gasteiger partial charge in [-0.05, 0) is 55.3 Å². The van der Waals surface area contributed by atoms with Crippen molar-refractivity contribution in [3.05, 3.63) is 84.4 Å². The van der Waals surface area contributed by atoms with Gasteiger partial charge in [-0.1, -0.05) is 36.4 Å². The number of hydrogen-bond donors (Lipinski definition) is 1. The minimum atomic E-state index is -0.700. The molecule has 2 amide bonds. The summed E-state index contributed by atoms with van der Waals surface area (Å²) in [6.45, 7) is 2.89. The lowest BCUT2D eigenvalue weighted by atomic mass is 10.2. The molecule has 164 valence electrons. The number of nitrogens with one attached hydrogen (secondary N) is 1. The van der Waals surface area contributed by atoms with Gasteiger partial charge in [0.2, 0.25) is 5.91 Å². The third-order valence-corrected chi connectivity index (χ3v) is 5.25. The fraction of sp³-hybridized carbons (Fsp3) is 0.231. The number of hydrogen-bond acceptors (Lipinski definition) is 4. The second kappa shape index (κ2) is 10.0. The second-order valence-electron chi connectivity index (χ2n) is 7.69. The van der Waals surface area contributed by atoms with Crippen LogP contribution in [0.15, 0.2) is 78.9 Å². The highest BCUT2D eigenvalue weighted by Crippen LogP contribution is 2.26. The van der Waals surface area contributed by atoms with Crippen LogP contribution < -0.4 is 19.7 Å². The summed E-state index contributed by atoms with van der Waals surface area (Å²) >= 11 is 0. The van der Waals surface area contributed by atoms with Gasteiger partial charge >= 0.3 is 0 Å². The van der Waals surface area contributed by atoms with Gasteiger partial charge < -0.3 is 19.7 Å². The van der Waals surface area contributed by atoms with Gasteiger partial charge in [-0.2, -0.15) is 0 Å². The first kappa shape index (κ1) is 21.4. The Labute approximate surface area is 187 Å². The summed E-state index contributed by atoms with van der Waals surface area (Å²) in [7, 11) is 0. The molecule has 0 saturated carbocycles. The highest BCUT2D eigenvalue weighted by atomic mass is 16.5. The van der Waals surface area contributed by atoms with E-state index in [0.29, 0.717) is 31.0 Å². The van der Waals surface area contributed by atoms with E-state index in [1.54, 1.807) is 36.1 Å². The normalized spacial score (nSPS) is 14.2. The first-order chi connectivity index (χ1) is 15.6. The van der Waals surface area contributed by atoms with Crippen LogP contribution in [0.3, 0.4) is 0 Å². The van der Waals surface area contributed by atoms with Gasteiger partial charge in [0.1, 0.15) is 18.1 Å². The molecule has 1 heterocycles. The fourth-order valence-corrected chi connectivity index (χ4v) is 3.52. The van der Waals surface area contributed by atoms with Gasteiger partial charge in [-0.3, -0.25) is 9.59 Å². The van der Waals surface area contributed by atoms with Gasteiger partial charge in [0.25, 0.3) is 5.91 Å². The van der Waals surface area contributed by atoms with Crippen LogP contribution in [0.2, 0.25) is 0 Å². The zero-order valence-corrected chi connectivity index (χ0v) is 18.0. The third kappa shape index (κ3) is 5.46. The Morgan fingerprint density at radius 3 is 2.50 bits per heavy atom. The Kier molecular flexibility index (Phi) is 6.70. The van der Waals surface area contributed by atoms with E-state index in [1.165, 1.54) is 0 Å². The van der Waals surface area contributed by atoms with Crippen molar-refractivity contribution in [2.24, 2.45) is 0 Å². The molecule has 1 aliphatic heterocycles. The first-order valence-corrected chi connectivity index (χ1v) is 10.7. The average molecular weight is 431 g/mol. The van der Waals surface area contributed by atoms with Crippen molar-refractivity contribution in [1.29, 1.82) is 0 Å². The number of carbonyl (C=O) groups is 2. The van der Waals surface area contributed by atoms with E-state index in [1.807, 2.05) is 54.6 Å². The monoisotopic (exact) mass is 430 g/mol. The predicted octanol–water partition coefficient (Wildman–Crippen LogP) is 4.80. The standard InChI is InChI=1S/C26H26N2O4/c1-19(32-24-10-5-9-22(17-24)28-16-6-11-25(28)29)26(30)27-21-12-14-23(15-13-21)31-18-20-7-3-2-4-8-20/h2-5,7-10,12-15,17,19H,6,11,16,18H2,1H3,(H,27,30). The van der Waals surface area contributed by atoms with Crippen molar-refractivity contribution in [3.63, 3.8) is 0 Å². The van der Waals surface area contributed by atoms with Crippen LogP contribution in [0.25, 0.3) is 0 Å². The van der Waals surface area contributed by atoms with Crippen molar-refractivity contribution in [3.8, 4) is 11.5 Å². The molecule has 3 aromatic carbocycles. The Hall–Kier alpha value is -3.80. The van der Waals surface area contributed by atoms with Crippen molar-refractivity contribution in [2.45, 2.75) is 32.5 Å². The summed E-state index contributed by atoms with van der Waals surface area (Å²) in [5.41, 5.74) is 2.55. The fourth-order valence-electron chi connectivity index (χ4n) is 3.52. The highest BCUT2D eigenvalue weighted by molar-refractivity contribution is 5.96. The van der Waals surface area contributed by atoms with E-state index >= 15 is 0 Å². The summed E-state index contributed by atoms with van der Waals surface area (Å²) in [6.07, 6.45) is 0.729. The molecule has 1 saturated heterocycles. The van der Waals surface area contributed by atoms with Crippen LogP contribution >= 0.6 is 0 Å². The molecule has 6 nitrogen and oxygen atoms in total. The average Bonchev–Trinajstić information content (AvgIpc) is 3.25. The van der Waals surface area contributed by atoms with E-state index in [-0.39, 0.29) is 11.8 Å². The molecule has 0 radical (unpaired) electrons. The maximum Gasteiger partial charge on any atom is 0.265 e. The van der Waals surface area contributed by atoms with Crippen molar-refractivity contribution >= 4 is 23.2 Å². The van der Waals surface area contributed by atoms with E-state index in [9.17, 15) is 9.59 Å². The molecule has 0 spiro atoms. The van der Waals surface area contributed by atoms with Crippen LogP contribution in [-0.2, 0) is 16.2 Å². The Morgan fingerprint density at radius 1 is 1.00 bits per heavy atom. The van der Waals surface area contributed by atoms with Crippen molar-refractivity contribution in [1.82, 2.24) is 0 Å². The third-order valence-electron chi connectivity index (χ3n) is 5.25. The zero-order chi connectivity index (χ0) is 22.3. The number of rotatable bonds is 8. The number of carbonyl (C=O) groups excluding carboxylic acids is 2. The molecular formula is C26H26N2O4. The molecule has 0 bridgehead atoms. The number of anilines is 2. The quantitative estimate of drug-likeness (QED) is 0.558. The number of nitrogens with zero attached hydrogens (tertiary/aromatic N) is 1. The first-order valence-electron chi connectivity index (χ1n) is 10.7. The summed E-state index contributed by atoms with van der Waals surface area (Å²) in [5.74, 6) is 1.13. The molecule has 4 rings (SSSR count). The van der Waals surface area contributed by atoms with E-state index in [2.05, 4.69) is 5.32 Å². The number of benzene rings is 3. The Morgan fingerprint density at radius 2 is 1.78 bits per heavy atom. The molecule has 0 aromatic heterocycles. The molecule has 1 unspecified atom stereocenters. The van der Waals surface area contributed by atoms with Gasteiger partial charge in [-0.15, -0.1) is 0 Å². The van der Waals surface area contributed by atoms with E-state index in [0.717, 1.165) is 23.4 Å². The predicted molar refractivity (Wildman–Crippen MR) is 124 cm³/mol. The molecule has 1 aliphatic rings. The summed E-state index contributed by atoms with van der Waals surface area (Å²) in [4.78, 5) is 26.3. The van der Waals surface area contributed by atoms with Gasteiger partial charge in [0, 0.05) is 30.4 Å². The zero-order valence-electron chi connectivity index (χ0n) is 18.0. The molecule has 1 N–H and O–H groups in total. The van der Waals surface area contributed by atoms with Gasteiger partial charge in [0.15, 0.2) is 6.10 Å². The molecular weight excluding hydrogens is 404 g/mol. The van der Waals surface area contributed by atoms with Crippen molar-refractivity contribution < 1.29 is 19.1 Å². The maximum atomic E-state index is 12.6. The minimum absolute atomic E-state index is 0.115. The van der Waals surface area contributed by atoms with Crippen LogP contribution in [0.1, 0.15) is 25.3 Å². The SMILES string of the molecule is CC(Oc1cccc(N2CCCC2=O)c1)C(=O)Nc1ccc(OCc2ccccc2)cc1. The second-order valence-corrected chi connectivity index (χ2v) is 7.69. The van der Waals surface area contributed by atoms with Crippen molar-refractivity contribution in [2.75, 3.05) is 16.8 Å². The summed E-state index contributed by atoms with van der Waals surface area (Å²) < 4.78 is 11.6. The molecule has 0 aliphatic carbocycles. The Balaban J connectivity index is 1.30. The molecule has 1 fully saturated rings. The molecule has 1 atom stereocenters. The minimum Gasteiger partial charge on any atom is -0.489 e. The lowest BCUT2D eigenvalue weighted by molar-refractivity contribution is -0.122. The largest absolute Gasteiger partial charge is 0.489 e. The molecule has 3 aromatic rings. The van der Waals surface area contributed by atoms with Crippen LogP contribution in [-0.4, -0.2) is 24.5 Å². The smallest absolute Gasteiger partial charge is 0.265 e.